The molecule has 1 rings (SSSR count). The van der Waals surface area contributed by atoms with E-state index < -0.39 is 0 Å². The van der Waals surface area contributed by atoms with E-state index in [2.05, 4.69) is 19.2 Å². The molecule has 1 aliphatic rings. The normalized spacial score (nSPS) is 27.7. The summed E-state index contributed by atoms with van der Waals surface area (Å²) >= 11 is 0. The van der Waals surface area contributed by atoms with Crippen LogP contribution >= 0.6 is 0 Å². The maximum Gasteiger partial charge on any atom is 0.0601 e. The summed E-state index contributed by atoms with van der Waals surface area (Å²) in [7, 11) is 1.78. The van der Waals surface area contributed by atoms with Crippen LogP contribution in [0.3, 0.4) is 0 Å². The van der Waals surface area contributed by atoms with Crippen molar-refractivity contribution >= 4 is 0 Å². The zero-order chi connectivity index (χ0) is 9.68. The van der Waals surface area contributed by atoms with E-state index >= 15 is 0 Å². The summed E-state index contributed by atoms with van der Waals surface area (Å²) in [5.41, 5.74) is 0. The third kappa shape index (κ3) is 4.07. The molecule has 0 atom stereocenters. The van der Waals surface area contributed by atoms with Crippen LogP contribution in [0.15, 0.2) is 0 Å². The van der Waals surface area contributed by atoms with Gasteiger partial charge in [0.15, 0.2) is 0 Å². The second kappa shape index (κ2) is 5.58. The molecule has 0 saturated heterocycles. The molecule has 0 bridgehead atoms. The van der Waals surface area contributed by atoms with Crippen LogP contribution in [0.5, 0.6) is 0 Å². The average Bonchev–Trinajstić information content (AvgIpc) is 2.00. The van der Waals surface area contributed by atoms with Gasteiger partial charge in [-0.25, -0.2) is 0 Å². The smallest absolute Gasteiger partial charge is 0.0601 e. The van der Waals surface area contributed by atoms with E-state index in [0.29, 0.717) is 18.2 Å². The molecule has 0 heterocycles. The van der Waals surface area contributed by atoms with Crippen molar-refractivity contribution in [2.24, 2.45) is 0 Å². The van der Waals surface area contributed by atoms with E-state index in [0.717, 1.165) is 26.0 Å². The highest BCUT2D eigenvalue weighted by Crippen LogP contribution is 2.21. The highest BCUT2D eigenvalue weighted by atomic mass is 16.5. The highest BCUT2D eigenvalue weighted by molar-refractivity contribution is 4.85. The van der Waals surface area contributed by atoms with Crippen LogP contribution in [0.4, 0.5) is 0 Å². The summed E-state index contributed by atoms with van der Waals surface area (Å²) in [5, 5.41) is 3.43. The number of hydrogen-bond donors (Lipinski definition) is 1. The lowest BCUT2D eigenvalue weighted by Crippen LogP contribution is -2.46. The molecule has 1 aliphatic carbocycles. The zero-order valence-corrected chi connectivity index (χ0v) is 8.88. The summed E-state index contributed by atoms with van der Waals surface area (Å²) in [6.07, 6.45) is 3.13. The van der Waals surface area contributed by atoms with Crippen LogP contribution in [-0.2, 0) is 9.47 Å². The molecule has 0 aromatic carbocycles. The maximum absolute atomic E-state index is 5.42. The van der Waals surface area contributed by atoms with Gasteiger partial charge in [0.1, 0.15) is 0 Å². The van der Waals surface area contributed by atoms with Gasteiger partial charge >= 0.3 is 0 Å². The van der Waals surface area contributed by atoms with Crippen molar-refractivity contribution in [1.29, 1.82) is 0 Å². The molecule has 0 aliphatic heterocycles. The first-order chi connectivity index (χ1) is 6.22. The van der Waals surface area contributed by atoms with E-state index in [1.165, 1.54) is 0 Å². The lowest BCUT2D eigenvalue weighted by atomic mass is 9.89. The van der Waals surface area contributed by atoms with Crippen LogP contribution in [-0.4, -0.2) is 38.5 Å². The van der Waals surface area contributed by atoms with Crippen LogP contribution < -0.4 is 5.32 Å². The van der Waals surface area contributed by atoms with Crippen molar-refractivity contribution in [3.8, 4) is 0 Å². The molecule has 0 amide bonds. The van der Waals surface area contributed by atoms with E-state index in [1.807, 2.05) is 0 Å². The molecule has 78 valence electrons. The molecule has 3 nitrogen and oxygen atoms in total. The monoisotopic (exact) mass is 187 g/mol. The third-order valence-corrected chi connectivity index (χ3v) is 2.41. The molecule has 1 fully saturated rings. The van der Waals surface area contributed by atoms with Crippen molar-refractivity contribution in [2.75, 3.05) is 20.3 Å². The van der Waals surface area contributed by atoms with Crippen molar-refractivity contribution in [1.82, 2.24) is 5.32 Å². The van der Waals surface area contributed by atoms with Gasteiger partial charge in [-0.05, 0) is 26.7 Å². The van der Waals surface area contributed by atoms with Gasteiger partial charge in [0, 0.05) is 19.7 Å². The quantitative estimate of drug-likeness (QED) is 0.633. The SMILES string of the molecule is COC1CC(NCCOC(C)C)C1. The van der Waals surface area contributed by atoms with Gasteiger partial charge < -0.3 is 14.8 Å². The van der Waals surface area contributed by atoms with Gasteiger partial charge in [-0.3, -0.25) is 0 Å². The second-order valence-corrected chi connectivity index (χ2v) is 3.90. The number of nitrogens with one attached hydrogen (secondary N) is 1. The topological polar surface area (TPSA) is 30.5 Å². The van der Waals surface area contributed by atoms with Gasteiger partial charge in [-0.1, -0.05) is 0 Å². The summed E-state index contributed by atoms with van der Waals surface area (Å²) in [6, 6.07) is 0.653. The minimum absolute atomic E-state index is 0.343. The Kier molecular flexibility index (Phi) is 4.70. The van der Waals surface area contributed by atoms with Gasteiger partial charge in [-0.15, -0.1) is 0 Å². The van der Waals surface area contributed by atoms with E-state index in [-0.39, 0.29) is 0 Å². The Hall–Kier alpha value is -0.120. The molecule has 3 heteroatoms. The molecule has 0 spiro atoms. The van der Waals surface area contributed by atoms with Gasteiger partial charge in [0.2, 0.25) is 0 Å². The summed E-state index contributed by atoms with van der Waals surface area (Å²) in [4.78, 5) is 0. The van der Waals surface area contributed by atoms with Crippen molar-refractivity contribution in [3.63, 3.8) is 0 Å². The van der Waals surface area contributed by atoms with Crippen LogP contribution in [0, 0.1) is 0 Å². The Balaban J connectivity index is 1.85. The van der Waals surface area contributed by atoms with Crippen LogP contribution in [0.1, 0.15) is 26.7 Å². The molecular formula is C10H21NO2. The third-order valence-electron chi connectivity index (χ3n) is 2.41. The Morgan fingerprint density at radius 1 is 1.38 bits per heavy atom. The van der Waals surface area contributed by atoms with Crippen molar-refractivity contribution < 1.29 is 9.47 Å². The van der Waals surface area contributed by atoms with Crippen LogP contribution in [0.2, 0.25) is 0 Å². The predicted molar refractivity (Wildman–Crippen MR) is 52.9 cm³/mol. The predicted octanol–water partition coefficient (Wildman–Crippen LogP) is 1.18. The minimum Gasteiger partial charge on any atom is -0.381 e. The Morgan fingerprint density at radius 3 is 2.62 bits per heavy atom. The van der Waals surface area contributed by atoms with E-state index in [1.54, 1.807) is 7.11 Å². The molecule has 1 N–H and O–H groups in total. The molecule has 0 aromatic heterocycles. The summed E-state index contributed by atoms with van der Waals surface area (Å²) in [6.45, 7) is 5.89. The van der Waals surface area contributed by atoms with Crippen molar-refractivity contribution in [2.45, 2.75) is 44.9 Å². The Bertz CT molecular complexity index is 133. The molecule has 13 heavy (non-hydrogen) atoms. The van der Waals surface area contributed by atoms with Crippen LogP contribution in [0.25, 0.3) is 0 Å². The first-order valence-electron chi connectivity index (χ1n) is 5.10. The van der Waals surface area contributed by atoms with E-state index in [4.69, 9.17) is 9.47 Å². The number of hydrogen-bond acceptors (Lipinski definition) is 3. The fraction of sp³-hybridized carbons (Fsp3) is 1.00. The number of rotatable bonds is 6. The molecule has 0 unspecified atom stereocenters. The summed E-state index contributed by atoms with van der Waals surface area (Å²) < 4.78 is 10.6. The minimum atomic E-state index is 0.343. The lowest BCUT2D eigenvalue weighted by Gasteiger charge is -2.34. The van der Waals surface area contributed by atoms with Gasteiger partial charge in [0.25, 0.3) is 0 Å². The average molecular weight is 187 g/mol. The molecule has 1 saturated carbocycles. The highest BCUT2D eigenvalue weighted by Gasteiger charge is 2.27. The maximum atomic E-state index is 5.42. The number of ether oxygens (including phenoxy) is 2. The van der Waals surface area contributed by atoms with Crippen molar-refractivity contribution in [3.05, 3.63) is 0 Å². The van der Waals surface area contributed by atoms with Gasteiger partial charge in [0.05, 0.1) is 18.8 Å². The molecule has 0 radical (unpaired) electrons. The first-order valence-corrected chi connectivity index (χ1v) is 5.10. The summed E-state index contributed by atoms with van der Waals surface area (Å²) in [5.74, 6) is 0. The fourth-order valence-corrected chi connectivity index (χ4v) is 1.48. The lowest BCUT2D eigenvalue weighted by molar-refractivity contribution is 0.0127. The largest absolute Gasteiger partial charge is 0.381 e. The standard InChI is InChI=1S/C10H21NO2/c1-8(2)13-5-4-11-9-6-10(7-9)12-3/h8-11H,4-7H2,1-3H3. The van der Waals surface area contributed by atoms with Gasteiger partial charge in [-0.2, -0.15) is 0 Å². The number of methoxy groups -OCH3 is 1. The molecule has 0 aromatic rings. The Morgan fingerprint density at radius 2 is 2.08 bits per heavy atom. The second-order valence-electron chi connectivity index (χ2n) is 3.90. The first kappa shape index (κ1) is 11.0. The fourth-order valence-electron chi connectivity index (χ4n) is 1.48. The van der Waals surface area contributed by atoms with E-state index in [9.17, 15) is 0 Å². The molecular weight excluding hydrogens is 166 g/mol. The Labute approximate surface area is 80.8 Å². The zero-order valence-electron chi connectivity index (χ0n) is 8.88.